The maximum Gasteiger partial charge on any atom is 0.203 e. The van der Waals surface area contributed by atoms with Crippen LogP contribution in [0, 0.1) is 0 Å². The minimum Gasteiger partial charge on any atom is -0.269 e. The summed E-state index contributed by atoms with van der Waals surface area (Å²) < 4.78 is 0.860. The van der Waals surface area contributed by atoms with Crippen LogP contribution in [0.4, 0.5) is 0 Å². The fraction of sp³-hybridized carbons (Fsp3) is 0.375. The van der Waals surface area contributed by atoms with Crippen molar-refractivity contribution in [3.05, 3.63) is 16.4 Å². The lowest BCUT2D eigenvalue weighted by Gasteiger charge is -2.01. The van der Waals surface area contributed by atoms with Gasteiger partial charge in [-0.3, -0.25) is 5.10 Å². The quantitative estimate of drug-likeness (QED) is 0.832. The summed E-state index contributed by atoms with van der Waals surface area (Å²) in [7, 11) is 0. The maximum atomic E-state index is 4.07. The van der Waals surface area contributed by atoms with Gasteiger partial charge in [0, 0.05) is 0 Å². The summed E-state index contributed by atoms with van der Waals surface area (Å²) in [4.78, 5) is 0. The summed E-state index contributed by atoms with van der Waals surface area (Å²) in [5, 5.41) is 15.8. The van der Waals surface area contributed by atoms with Gasteiger partial charge in [-0.2, -0.15) is 10.2 Å². The van der Waals surface area contributed by atoms with E-state index in [0.29, 0.717) is 11.6 Å². The molecule has 5 heteroatoms. The van der Waals surface area contributed by atoms with E-state index >= 15 is 0 Å². The Bertz CT molecular complexity index is 435. The van der Waals surface area contributed by atoms with E-state index < -0.39 is 0 Å². The molecule has 0 amide bonds. The first-order valence-corrected chi connectivity index (χ1v) is 4.85. The molecule has 0 aromatic carbocycles. The van der Waals surface area contributed by atoms with Crippen LogP contribution in [0.3, 0.4) is 0 Å². The molecule has 0 saturated heterocycles. The number of nitrogens with zero attached hydrogens (tertiary/aromatic N) is 3. The number of halogens is 1. The van der Waals surface area contributed by atoms with Gasteiger partial charge >= 0.3 is 0 Å². The van der Waals surface area contributed by atoms with Gasteiger partial charge in [-0.15, -0.1) is 5.10 Å². The zero-order chi connectivity index (χ0) is 9.42. The fourth-order valence-electron chi connectivity index (χ4n) is 1.09. The number of aromatic amines is 1. The fourth-order valence-corrected chi connectivity index (χ4v) is 1.47. The van der Waals surface area contributed by atoms with E-state index in [2.05, 4.69) is 50.2 Å². The monoisotopic (exact) mass is 240 g/mol. The van der Waals surface area contributed by atoms with Gasteiger partial charge in [0.15, 0.2) is 0 Å². The highest BCUT2D eigenvalue weighted by atomic mass is 79.9. The molecule has 2 aromatic heterocycles. The Balaban J connectivity index is 2.66. The van der Waals surface area contributed by atoms with E-state index in [1.165, 1.54) is 0 Å². The van der Waals surface area contributed by atoms with Gasteiger partial charge in [-0.25, -0.2) is 0 Å². The smallest absolute Gasteiger partial charge is 0.203 e. The number of hydrogen-bond acceptors (Lipinski definition) is 3. The number of aromatic nitrogens is 4. The molecule has 0 aliphatic rings. The molecule has 1 N–H and O–H groups in total. The van der Waals surface area contributed by atoms with Gasteiger partial charge in [0.1, 0.15) is 4.60 Å². The Hall–Kier alpha value is -0.970. The first kappa shape index (κ1) is 8.62. The molecular weight excluding hydrogens is 232 g/mol. The third kappa shape index (κ3) is 1.44. The second-order valence-corrected chi connectivity index (χ2v) is 3.99. The van der Waals surface area contributed by atoms with Crippen LogP contribution in [0.1, 0.15) is 25.5 Å². The molecule has 2 heterocycles. The Labute approximate surface area is 83.9 Å². The largest absolute Gasteiger partial charge is 0.269 e. The van der Waals surface area contributed by atoms with E-state index in [1.54, 1.807) is 0 Å². The highest BCUT2D eigenvalue weighted by Gasteiger charge is 2.08. The van der Waals surface area contributed by atoms with Crippen molar-refractivity contribution in [2.45, 2.75) is 19.8 Å². The normalized spacial score (nSPS) is 11.4. The van der Waals surface area contributed by atoms with Crippen LogP contribution in [-0.4, -0.2) is 20.4 Å². The molecule has 0 fully saturated rings. The topological polar surface area (TPSA) is 54.5 Å². The van der Waals surface area contributed by atoms with Crippen LogP contribution in [0.2, 0.25) is 0 Å². The first-order chi connectivity index (χ1) is 6.18. The molecule has 0 unspecified atom stereocenters. The number of H-pyrrole nitrogens is 1. The van der Waals surface area contributed by atoms with Gasteiger partial charge in [-0.1, -0.05) is 13.8 Å². The van der Waals surface area contributed by atoms with Gasteiger partial charge < -0.3 is 0 Å². The van der Waals surface area contributed by atoms with Gasteiger partial charge in [0.05, 0.1) is 11.1 Å². The van der Waals surface area contributed by atoms with Crippen LogP contribution in [0.25, 0.3) is 11.0 Å². The zero-order valence-electron chi connectivity index (χ0n) is 7.37. The molecule has 2 rings (SSSR count). The summed E-state index contributed by atoms with van der Waals surface area (Å²) in [6, 6.07) is 2.00. The Morgan fingerprint density at radius 2 is 2.15 bits per heavy atom. The van der Waals surface area contributed by atoms with Crippen LogP contribution < -0.4 is 0 Å². The minimum atomic E-state index is 0.388. The van der Waals surface area contributed by atoms with Crippen molar-refractivity contribution >= 4 is 27.0 Å². The maximum absolute atomic E-state index is 4.07. The van der Waals surface area contributed by atoms with E-state index in [9.17, 15) is 0 Å². The second-order valence-electron chi connectivity index (χ2n) is 3.20. The molecule has 13 heavy (non-hydrogen) atoms. The summed E-state index contributed by atoms with van der Waals surface area (Å²) >= 11 is 3.36. The molecule has 0 atom stereocenters. The molecule has 0 aliphatic carbocycles. The average Bonchev–Trinajstić information content (AvgIpc) is 2.47. The van der Waals surface area contributed by atoms with E-state index in [0.717, 1.165) is 15.7 Å². The van der Waals surface area contributed by atoms with E-state index in [1.807, 2.05) is 6.07 Å². The van der Waals surface area contributed by atoms with Gasteiger partial charge in [0.25, 0.3) is 0 Å². The SMILES string of the molecule is CC(C)c1cc2c(Br)[nH]nc2nn1. The van der Waals surface area contributed by atoms with Crippen molar-refractivity contribution in [3.63, 3.8) is 0 Å². The van der Waals surface area contributed by atoms with Crippen molar-refractivity contribution in [1.29, 1.82) is 0 Å². The number of nitrogens with one attached hydrogen (secondary N) is 1. The molecule has 68 valence electrons. The minimum absolute atomic E-state index is 0.388. The van der Waals surface area contributed by atoms with Crippen molar-refractivity contribution < 1.29 is 0 Å². The van der Waals surface area contributed by atoms with Crippen molar-refractivity contribution in [3.8, 4) is 0 Å². The molecule has 0 bridgehead atoms. The third-order valence-electron chi connectivity index (χ3n) is 1.88. The number of hydrogen-bond donors (Lipinski definition) is 1. The summed E-state index contributed by atoms with van der Waals surface area (Å²) in [5.74, 6) is 0.388. The molecule has 0 saturated carbocycles. The Kier molecular flexibility index (Phi) is 2.03. The van der Waals surface area contributed by atoms with Crippen LogP contribution in [0.15, 0.2) is 10.7 Å². The standard InChI is InChI=1S/C8H9BrN4/c1-4(2)6-3-5-7(9)11-13-8(5)12-10-6/h3-4H,1-2H3,(H,11,12,13). The number of fused-ring (bicyclic) bond motifs is 1. The molecular formula is C8H9BrN4. The molecule has 2 aromatic rings. The lowest BCUT2D eigenvalue weighted by Crippen LogP contribution is -1.94. The van der Waals surface area contributed by atoms with E-state index in [-0.39, 0.29) is 0 Å². The lowest BCUT2D eigenvalue weighted by molar-refractivity contribution is 0.793. The van der Waals surface area contributed by atoms with Crippen molar-refractivity contribution in [1.82, 2.24) is 20.4 Å². The average molecular weight is 241 g/mol. The predicted octanol–water partition coefficient (Wildman–Crippen LogP) is 2.24. The summed E-state index contributed by atoms with van der Waals surface area (Å²) in [6.45, 7) is 4.17. The molecule has 0 radical (unpaired) electrons. The summed E-state index contributed by atoms with van der Waals surface area (Å²) in [5.41, 5.74) is 1.63. The highest BCUT2D eigenvalue weighted by Crippen LogP contribution is 2.21. The molecule has 4 nitrogen and oxygen atoms in total. The van der Waals surface area contributed by atoms with Gasteiger partial charge in [-0.05, 0) is 27.9 Å². The lowest BCUT2D eigenvalue weighted by atomic mass is 10.1. The van der Waals surface area contributed by atoms with Crippen LogP contribution >= 0.6 is 15.9 Å². The number of rotatable bonds is 1. The van der Waals surface area contributed by atoms with Crippen molar-refractivity contribution in [2.24, 2.45) is 0 Å². The zero-order valence-corrected chi connectivity index (χ0v) is 8.96. The predicted molar refractivity (Wildman–Crippen MR) is 53.5 cm³/mol. The Morgan fingerprint density at radius 1 is 1.38 bits per heavy atom. The van der Waals surface area contributed by atoms with Gasteiger partial charge in [0.2, 0.25) is 5.65 Å². The van der Waals surface area contributed by atoms with Crippen LogP contribution in [-0.2, 0) is 0 Å². The first-order valence-electron chi connectivity index (χ1n) is 4.05. The molecule has 0 aliphatic heterocycles. The van der Waals surface area contributed by atoms with Crippen LogP contribution in [0.5, 0.6) is 0 Å². The third-order valence-corrected chi connectivity index (χ3v) is 2.49. The summed E-state index contributed by atoms with van der Waals surface area (Å²) in [6.07, 6.45) is 0. The Morgan fingerprint density at radius 3 is 2.85 bits per heavy atom. The molecule has 0 spiro atoms. The van der Waals surface area contributed by atoms with Crippen molar-refractivity contribution in [2.75, 3.05) is 0 Å². The highest BCUT2D eigenvalue weighted by molar-refractivity contribution is 9.10. The second kappa shape index (κ2) is 3.06. The van der Waals surface area contributed by atoms with E-state index in [4.69, 9.17) is 0 Å².